The van der Waals surface area contributed by atoms with Crippen LogP contribution in [0.1, 0.15) is 44.4 Å². The molecule has 0 radical (unpaired) electrons. The Morgan fingerprint density at radius 2 is 1.79 bits per heavy atom. The largest absolute Gasteiger partial charge is 0.469 e. The summed E-state index contributed by atoms with van der Waals surface area (Å²) in [5.74, 6) is -1.42. The molecule has 3 aromatic rings. The smallest absolute Gasteiger partial charge is 0.308 e. The van der Waals surface area contributed by atoms with Gasteiger partial charge in [0.2, 0.25) is 5.91 Å². The van der Waals surface area contributed by atoms with Gasteiger partial charge in [-0.15, -0.1) is 0 Å². The number of carbonyl (C=O) groups is 2. The van der Waals surface area contributed by atoms with E-state index >= 15 is 0 Å². The Kier molecular flexibility index (Phi) is 8.54. The number of nitrogens with zero attached hydrogens (tertiary/aromatic N) is 1. The average molecular weight is 520 g/mol. The van der Waals surface area contributed by atoms with E-state index in [-0.39, 0.29) is 36.4 Å². The molecule has 200 valence electrons. The van der Waals surface area contributed by atoms with Gasteiger partial charge in [-0.25, -0.2) is 4.39 Å². The Balaban J connectivity index is 1.41. The first-order chi connectivity index (χ1) is 18.1. The molecule has 0 saturated carbocycles. The van der Waals surface area contributed by atoms with Gasteiger partial charge in [0.1, 0.15) is 18.1 Å². The molecule has 1 aliphatic heterocycles. The zero-order valence-electron chi connectivity index (χ0n) is 22.1. The minimum atomic E-state index is -0.681. The first kappa shape index (κ1) is 27.4. The van der Waals surface area contributed by atoms with E-state index in [1.54, 1.807) is 25.3 Å². The van der Waals surface area contributed by atoms with Gasteiger partial charge in [-0.05, 0) is 62.1 Å². The number of aromatic nitrogens is 1. The van der Waals surface area contributed by atoms with Crippen LogP contribution >= 0.6 is 0 Å². The van der Waals surface area contributed by atoms with E-state index in [9.17, 15) is 14.0 Å². The van der Waals surface area contributed by atoms with Gasteiger partial charge in [0.25, 0.3) is 0 Å². The second-order valence-electron chi connectivity index (χ2n) is 10.4. The predicted molar refractivity (Wildman–Crippen MR) is 142 cm³/mol. The summed E-state index contributed by atoms with van der Waals surface area (Å²) in [6.45, 7) is 5.56. The van der Waals surface area contributed by atoms with Crippen molar-refractivity contribution < 1.29 is 23.5 Å². The van der Waals surface area contributed by atoms with Gasteiger partial charge < -0.3 is 14.8 Å². The third-order valence-corrected chi connectivity index (χ3v) is 6.59. The van der Waals surface area contributed by atoms with Gasteiger partial charge in [0.15, 0.2) is 0 Å². The highest BCUT2D eigenvalue weighted by atomic mass is 19.1. The second-order valence-corrected chi connectivity index (χ2v) is 10.4. The molecular formula is C30H34FN3O4. The predicted octanol–water partition coefficient (Wildman–Crippen LogP) is 4.58. The second kappa shape index (κ2) is 11.8. The van der Waals surface area contributed by atoms with Crippen LogP contribution < -0.4 is 10.6 Å². The third-order valence-electron chi connectivity index (χ3n) is 6.59. The molecule has 1 fully saturated rings. The Morgan fingerprint density at radius 3 is 2.42 bits per heavy atom. The summed E-state index contributed by atoms with van der Waals surface area (Å²) < 4.78 is 24.1. The topological polar surface area (TPSA) is 92.8 Å². The number of amides is 1. The number of halogens is 1. The molecule has 2 N–H and O–H groups in total. The van der Waals surface area contributed by atoms with Crippen molar-refractivity contribution in [1.82, 2.24) is 15.6 Å². The molecular weight excluding hydrogens is 485 g/mol. The van der Waals surface area contributed by atoms with E-state index in [2.05, 4.69) is 15.6 Å². The van der Waals surface area contributed by atoms with E-state index < -0.39 is 17.5 Å². The number of benzene rings is 2. The fraction of sp³-hybridized carbons (Fsp3) is 0.367. The number of hydrogen-bond donors (Lipinski definition) is 2. The molecule has 7 nitrogen and oxygen atoms in total. The maximum Gasteiger partial charge on any atom is 0.308 e. The molecule has 4 atom stereocenters. The van der Waals surface area contributed by atoms with Gasteiger partial charge in [-0.2, -0.15) is 0 Å². The van der Waals surface area contributed by atoms with Gasteiger partial charge in [0.05, 0.1) is 24.8 Å². The molecule has 1 amide bonds. The van der Waals surface area contributed by atoms with Crippen LogP contribution in [-0.2, 0) is 25.5 Å². The molecule has 38 heavy (non-hydrogen) atoms. The molecule has 2 aromatic carbocycles. The van der Waals surface area contributed by atoms with Crippen molar-refractivity contribution >= 4 is 11.9 Å². The number of hydrogen-bond acceptors (Lipinski definition) is 6. The first-order valence-corrected chi connectivity index (χ1v) is 12.7. The number of esters is 1. The van der Waals surface area contributed by atoms with Crippen molar-refractivity contribution in [3.05, 3.63) is 89.9 Å². The van der Waals surface area contributed by atoms with Crippen molar-refractivity contribution in [1.29, 1.82) is 0 Å². The quantitative estimate of drug-likeness (QED) is 0.285. The molecule has 4 rings (SSSR count). The molecule has 0 aliphatic carbocycles. The Bertz CT molecular complexity index is 1230. The Morgan fingerprint density at radius 1 is 1.08 bits per heavy atom. The van der Waals surface area contributed by atoms with Crippen LogP contribution in [0, 0.1) is 11.7 Å². The fourth-order valence-electron chi connectivity index (χ4n) is 4.55. The van der Waals surface area contributed by atoms with Crippen LogP contribution in [0.15, 0.2) is 72.9 Å². The number of ether oxygens (including phenoxy) is 2. The maximum atomic E-state index is 13.4. The SMILES string of the molecule is COC(=O)[C@@H](C)C[C@H](NC1OC1c1ccc(-c2ccccn2)cc1)C(=O)NC(C)(C)Cc1ccc(F)cc1. The van der Waals surface area contributed by atoms with Crippen molar-refractivity contribution in [2.24, 2.45) is 5.92 Å². The lowest BCUT2D eigenvalue weighted by Crippen LogP contribution is -2.54. The lowest BCUT2D eigenvalue weighted by molar-refractivity contribution is -0.145. The number of rotatable bonds is 11. The van der Waals surface area contributed by atoms with Crippen LogP contribution in [0.3, 0.4) is 0 Å². The van der Waals surface area contributed by atoms with Crippen LogP contribution in [0.25, 0.3) is 11.3 Å². The minimum Gasteiger partial charge on any atom is -0.469 e. The molecule has 1 saturated heterocycles. The summed E-state index contributed by atoms with van der Waals surface area (Å²) in [5, 5.41) is 6.37. The zero-order chi connectivity index (χ0) is 27.3. The van der Waals surface area contributed by atoms with Crippen LogP contribution in [0.5, 0.6) is 0 Å². The van der Waals surface area contributed by atoms with Crippen molar-refractivity contribution in [3.63, 3.8) is 0 Å². The minimum absolute atomic E-state index is 0.205. The number of nitrogens with one attached hydrogen (secondary N) is 2. The van der Waals surface area contributed by atoms with Gasteiger partial charge in [-0.1, -0.05) is 49.4 Å². The summed E-state index contributed by atoms with van der Waals surface area (Å²) in [4.78, 5) is 29.9. The molecule has 1 aliphatic rings. The van der Waals surface area contributed by atoms with E-state index in [4.69, 9.17) is 9.47 Å². The lowest BCUT2D eigenvalue weighted by Gasteiger charge is -2.30. The van der Waals surface area contributed by atoms with Crippen LogP contribution in [-0.4, -0.2) is 41.8 Å². The number of epoxide rings is 1. The Labute approximate surface area is 222 Å². The summed E-state index contributed by atoms with van der Waals surface area (Å²) >= 11 is 0. The summed E-state index contributed by atoms with van der Waals surface area (Å²) in [6.07, 6.45) is 1.95. The summed E-state index contributed by atoms with van der Waals surface area (Å²) in [6, 6.07) is 19.3. The van der Waals surface area contributed by atoms with E-state index in [1.165, 1.54) is 19.2 Å². The maximum absolute atomic E-state index is 13.4. The Hall–Kier alpha value is -3.62. The van der Waals surface area contributed by atoms with E-state index in [1.807, 2.05) is 56.3 Å². The normalized spacial score (nSPS) is 18.3. The highest BCUT2D eigenvalue weighted by Gasteiger charge is 2.43. The number of pyridine rings is 1. The molecule has 1 aromatic heterocycles. The van der Waals surface area contributed by atoms with Gasteiger partial charge in [-0.3, -0.25) is 19.9 Å². The highest BCUT2D eigenvalue weighted by Crippen LogP contribution is 2.38. The lowest BCUT2D eigenvalue weighted by atomic mass is 9.93. The number of methoxy groups -OCH3 is 1. The van der Waals surface area contributed by atoms with Crippen molar-refractivity contribution in [2.75, 3.05) is 7.11 Å². The molecule has 2 heterocycles. The van der Waals surface area contributed by atoms with Gasteiger partial charge in [0, 0.05) is 17.3 Å². The zero-order valence-corrected chi connectivity index (χ0v) is 22.1. The summed E-state index contributed by atoms with van der Waals surface area (Å²) in [5.41, 5.74) is 3.19. The highest BCUT2D eigenvalue weighted by molar-refractivity contribution is 5.83. The summed E-state index contributed by atoms with van der Waals surface area (Å²) in [7, 11) is 1.34. The van der Waals surface area contributed by atoms with Crippen molar-refractivity contribution in [2.45, 2.75) is 57.5 Å². The fourth-order valence-corrected chi connectivity index (χ4v) is 4.55. The van der Waals surface area contributed by atoms with Crippen LogP contribution in [0.4, 0.5) is 4.39 Å². The monoisotopic (exact) mass is 519 g/mol. The number of carbonyl (C=O) groups excluding carboxylic acids is 2. The van der Waals surface area contributed by atoms with Crippen molar-refractivity contribution in [3.8, 4) is 11.3 Å². The third kappa shape index (κ3) is 7.24. The van der Waals surface area contributed by atoms with Gasteiger partial charge >= 0.3 is 5.97 Å². The molecule has 0 bridgehead atoms. The molecule has 8 heteroatoms. The van der Waals surface area contributed by atoms with E-state index in [0.29, 0.717) is 6.42 Å². The van der Waals surface area contributed by atoms with Crippen LogP contribution in [0.2, 0.25) is 0 Å². The molecule has 2 unspecified atom stereocenters. The van der Waals surface area contributed by atoms with E-state index in [0.717, 1.165) is 22.4 Å². The molecule has 0 spiro atoms. The first-order valence-electron chi connectivity index (χ1n) is 12.7. The average Bonchev–Trinajstić information content (AvgIpc) is 3.68. The standard InChI is InChI=1S/C30H34FN3O4/c1-19(29(36)37-4)17-25(27(35)34-30(2,3)18-20-8-14-23(31)15-9-20)33-28-26(38-28)22-12-10-21(11-13-22)24-7-5-6-16-32-24/h5-16,19,25-26,28,33H,17-18H2,1-4H3,(H,34,35)/t19-,25-,26?,28?/m0/s1.